The Morgan fingerprint density at radius 2 is 2.20 bits per heavy atom. The number of hydrogen-bond donors (Lipinski definition) is 2. The SMILES string of the molecule is O=C(NN=Cc1cc(I)ccc1O)c1cncc(Br)c1. The zero-order chi connectivity index (χ0) is 14.5. The molecule has 0 atom stereocenters. The molecule has 0 bridgehead atoms. The van der Waals surface area contributed by atoms with Gasteiger partial charge in [-0.25, -0.2) is 5.43 Å². The van der Waals surface area contributed by atoms with E-state index in [1.165, 1.54) is 12.4 Å². The van der Waals surface area contributed by atoms with Crippen LogP contribution in [0.4, 0.5) is 0 Å². The Morgan fingerprint density at radius 3 is 2.95 bits per heavy atom. The van der Waals surface area contributed by atoms with Crippen LogP contribution in [0.3, 0.4) is 0 Å². The smallest absolute Gasteiger partial charge is 0.272 e. The number of phenolic OH excluding ortho intramolecular Hbond substituents is 1. The van der Waals surface area contributed by atoms with Crippen LogP contribution in [0.15, 0.2) is 46.2 Å². The van der Waals surface area contributed by atoms with Crippen LogP contribution in [-0.4, -0.2) is 22.2 Å². The number of rotatable bonds is 3. The average molecular weight is 446 g/mol. The van der Waals surface area contributed by atoms with E-state index in [9.17, 15) is 9.90 Å². The topological polar surface area (TPSA) is 74.6 Å². The minimum Gasteiger partial charge on any atom is -0.507 e. The minimum absolute atomic E-state index is 0.104. The summed E-state index contributed by atoms with van der Waals surface area (Å²) in [6.07, 6.45) is 4.42. The maximum Gasteiger partial charge on any atom is 0.272 e. The van der Waals surface area contributed by atoms with E-state index in [1.54, 1.807) is 30.5 Å². The highest BCUT2D eigenvalue weighted by Crippen LogP contribution is 2.17. The Balaban J connectivity index is 2.06. The molecular formula is C13H9BrIN3O2. The lowest BCUT2D eigenvalue weighted by Crippen LogP contribution is -2.17. The number of hydrazone groups is 1. The molecule has 0 saturated heterocycles. The summed E-state index contributed by atoms with van der Waals surface area (Å²) in [5, 5.41) is 13.4. The molecule has 1 aromatic carbocycles. The Bertz CT molecular complexity index is 676. The molecule has 102 valence electrons. The first-order valence-electron chi connectivity index (χ1n) is 5.49. The monoisotopic (exact) mass is 445 g/mol. The van der Waals surface area contributed by atoms with Gasteiger partial charge in [-0.2, -0.15) is 5.10 Å². The number of halogens is 2. The Hall–Kier alpha value is -1.48. The molecule has 2 aromatic rings. The quantitative estimate of drug-likeness (QED) is 0.433. The van der Waals surface area contributed by atoms with Crippen LogP contribution in [0.5, 0.6) is 5.75 Å². The van der Waals surface area contributed by atoms with Gasteiger partial charge in [-0.05, 0) is 62.8 Å². The van der Waals surface area contributed by atoms with Gasteiger partial charge >= 0.3 is 0 Å². The first-order valence-corrected chi connectivity index (χ1v) is 7.36. The summed E-state index contributed by atoms with van der Waals surface area (Å²) in [6.45, 7) is 0. The summed E-state index contributed by atoms with van der Waals surface area (Å²) in [6, 6.07) is 6.75. The third-order valence-corrected chi connectivity index (χ3v) is 3.43. The van der Waals surface area contributed by atoms with Crippen molar-refractivity contribution in [2.24, 2.45) is 5.10 Å². The van der Waals surface area contributed by atoms with Crippen LogP contribution in [-0.2, 0) is 0 Å². The van der Waals surface area contributed by atoms with Crippen molar-refractivity contribution in [1.82, 2.24) is 10.4 Å². The van der Waals surface area contributed by atoms with Crippen LogP contribution in [0.2, 0.25) is 0 Å². The first kappa shape index (κ1) is 14.9. The van der Waals surface area contributed by atoms with Crippen molar-refractivity contribution in [2.45, 2.75) is 0 Å². The number of phenols is 1. The van der Waals surface area contributed by atoms with Crippen LogP contribution in [0, 0.1) is 3.57 Å². The predicted octanol–water partition coefficient (Wildman–Crippen LogP) is 2.92. The molecule has 0 saturated carbocycles. The lowest BCUT2D eigenvalue weighted by Gasteiger charge is -2.01. The van der Waals surface area contributed by atoms with E-state index in [0.717, 1.165) is 3.57 Å². The molecule has 1 amide bonds. The normalized spacial score (nSPS) is 10.7. The van der Waals surface area contributed by atoms with Gasteiger partial charge in [0.1, 0.15) is 5.75 Å². The summed E-state index contributed by atoms with van der Waals surface area (Å²) in [4.78, 5) is 15.7. The van der Waals surface area contributed by atoms with Crippen molar-refractivity contribution in [2.75, 3.05) is 0 Å². The molecule has 0 spiro atoms. The number of aromatic hydroxyl groups is 1. The van der Waals surface area contributed by atoms with E-state index < -0.39 is 0 Å². The second-order valence-electron chi connectivity index (χ2n) is 3.79. The molecule has 20 heavy (non-hydrogen) atoms. The number of benzene rings is 1. The van der Waals surface area contributed by atoms with E-state index in [-0.39, 0.29) is 11.7 Å². The van der Waals surface area contributed by atoms with Gasteiger partial charge in [0, 0.05) is 26.0 Å². The lowest BCUT2D eigenvalue weighted by atomic mass is 10.2. The van der Waals surface area contributed by atoms with Gasteiger partial charge < -0.3 is 5.11 Å². The van der Waals surface area contributed by atoms with Gasteiger partial charge in [0.2, 0.25) is 0 Å². The van der Waals surface area contributed by atoms with Crippen molar-refractivity contribution in [3.63, 3.8) is 0 Å². The number of nitrogens with one attached hydrogen (secondary N) is 1. The van der Waals surface area contributed by atoms with E-state index in [1.807, 2.05) is 0 Å². The van der Waals surface area contributed by atoms with Gasteiger partial charge in [0.25, 0.3) is 5.91 Å². The molecule has 0 unspecified atom stereocenters. The maximum atomic E-state index is 11.8. The Labute approximate surface area is 137 Å². The highest BCUT2D eigenvalue weighted by Gasteiger charge is 2.05. The molecule has 1 aromatic heterocycles. The van der Waals surface area contributed by atoms with E-state index in [4.69, 9.17) is 0 Å². The molecule has 1 heterocycles. The molecule has 0 radical (unpaired) electrons. The van der Waals surface area contributed by atoms with Crippen LogP contribution in [0.1, 0.15) is 15.9 Å². The molecule has 0 aliphatic carbocycles. The number of carbonyl (C=O) groups is 1. The second kappa shape index (κ2) is 6.80. The van der Waals surface area contributed by atoms with Crippen molar-refractivity contribution in [1.29, 1.82) is 0 Å². The van der Waals surface area contributed by atoms with Crippen molar-refractivity contribution in [3.8, 4) is 5.75 Å². The fourth-order valence-corrected chi connectivity index (χ4v) is 2.27. The molecule has 2 rings (SSSR count). The van der Waals surface area contributed by atoms with Gasteiger partial charge in [0.15, 0.2) is 0 Å². The summed E-state index contributed by atoms with van der Waals surface area (Å²) in [5.74, 6) is -0.271. The highest BCUT2D eigenvalue weighted by atomic mass is 127. The fraction of sp³-hybridized carbons (Fsp3) is 0. The van der Waals surface area contributed by atoms with E-state index in [0.29, 0.717) is 15.6 Å². The van der Waals surface area contributed by atoms with Gasteiger partial charge in [-0.1, -0.05) is 0 Å². The molecule has 0 aliphatic rings. The standard InChI is InChI=1S/C13H9BrIN3O2/c14-10-3-9(5-16-7-10)13(20)18-17-6-8-4-11(15)1-2-12(8)19/h1-7,19H,(H,18,20). The van der Waals surface area contributed by atoms with Gasteiger partial charge in [-0.15, -0.1) is 0 Å². The fourth-order valence-electron chi connectivity index (χ4n) is 1.39. The lowest BCUT2D eigenvalue weighted by molar-refractivity contribution is 0.0954. The van der Waals surface area contributed by atoms with Gasteiger partial charge in [-0.3, -0.25) is 9.78 Å². The number of aromatic nitrogens is 1. The number of nitrogens with zero attached hydrogens (tertiary/aromatic N) is 2. The molecule has 7 heteroatoms. The zero-order valence-corrected chi connectivity index (χ0v) is 13.8. The molecule has 0 fully saturated rings. The number of amides is 1. The second-order valence-corrected chi connectivity index (χ2v) is 5.96. The predicted molar refractivity (Wildman–Crippen MR) is 87.8 cm³/mol. The number of carbonyl (C=O) groups excluding carboxylic acids is 1. The maximum absolute atomic E-state index is 11.8. The third kappa shape index (κ3) is 4.01. The minimum atomic E-state index is -0.375. The number of hydrogen-bond acceptors (Lipinski definition) is 4. The first-order chi connectivity index (χ1) is 9.56. The largest absolute Gasteiger partial charge is 0.507 e. The van der Waals surface area contributed by atoms with E-state index in [2.05, 4.69) is 54.0 Å². The molecule has 5 nitrogen and oxygen atoms in total. The van der Waals surface area contributed by atoms with Crippen LogP contribution < -0.4 is 5.43 Å². The Kier molecular flexibility index (Phi) is 5.07. The van der Waals surface area contributed by atoms with Crippen molar-refractivity contribution < 1.29 is 9.90 Å². The van der Waals surface area contributed by atoms with Gasteiger partial charge in [0.05, 0.1) is 11.8 Å². The van der Waals surface area contributed by atoms with Crippen molar-refractivity contribution in [3.05, 3.63) is 55.8 Å². The molecule has 0 aliphatic heterocycles. The average Bonchev–Trinajstić information content (AvgIpc) is 2.42. The van der Waals surface area contributed by atoms with Crippen molar-refractivity contribution >= 4 is 50.6 Å². The summed E-state index contributed by atoms with van der Waals surface area (Å²) in [5.41, 5.74) is 3.30. The summed E-state index contributed by atoms with van der Waals surface area (Å²) < 4.78 is 1.67. The van der Waals surface area contributed by atoms with Crippen LogP contribution >= 0.6 is 38.5 Å². The molecular weight excluding hydrogens is 437 g/mol. The van der Waals surface area contributed by atoms with E-state index >= 15 is 0 Å². The third-order valence-electron chi connectivity index (χ3n) is 2.33. The number of pyridine rings is 1. The zero-order valence-electron chi connectivity index (χ0n) is 10.0. The summed E-state index contributed by atoms with van der Waals surface area (Å²) in [7, 11) is 0. The Morgan fingerprint density at radius 1 is 1.40 bits per heavy atom. The summed E-state index contributed by atoms with van der Waals surface area (Å²) >= 11 is 5.36. The molecule has 2 N–H and O–H groups in total. The van der Waals surface area contributed by atoms with Crippen LogP contribution in [0.25, 0.3) is 0 Å². The highest BCUT2D eigenvalue weighted by molar-refractivity contribution is 14.1.